The normalized spacial score (nSPS) is 30.8. The molecule has 2 bridgehead atoms. The van der Waals surface area contributed by atoms with Crippen molar-refractivity contribution in [3.63, 3.8) is 0 Å². The predicted molar refractivity (Wildman–Crippen MR) is 142 cm³/mol. The van der Waals surface area contributed by atoms with Crippen LogP contribution >= 0.6 is 27.5 Å². The zero-order chi connectivity index (χ0) is 26.5. The maximum Gasteiger partial charge on any atom is 0.250 e. The minimum Gasteiger partial charge on any atom is -0.394 e. The summed E-state index contributed by atoms with van der Waals surface area (Å²) in [5.41, 5.74) is 0.950. The Morgan fingerprint density at radius 2 is 1.95 bits per heavy atom. The van der Waals surface area contributed by atoms with Crippen molar-refractivity contribution in [3.8, 4) is 0 Å². The lowest BCUT2D eigenvalue weighted by Crippen LogP contribution is -2.56. The van der Waals surface area contributed by atoms with Gasteiger partial charge in [0.15, 0.2) is 0 Å². The highest BCUT2D eigenvalue weighted by molar-refractivity contribution is 9.09. The molecule has 3 fully saturated rings. The third-order valence-electron chi connectivity index (χ3n) is 7.80. The second-order valence-electron chi connectivity index (χ2n) is 10.1. The molecule has 2 aromatic carbocycles. The SMILES string of the molecule is Cc1cccc(Cl)c1NC(=O)C1N([C@H](C)CO)C(=O)[C@@H]2[C@H](C(=O)NCc3ccccc3)[C@H]3OC12CC3Br. The van der Waals surface area contributed by atoms with Crippen molar-refractivity contribution in [2.75, 3.05) is 11.9 Å². The highest BCUT2D eigenvalue weighted by atomic mass is 79.9. The number of nitrogens with one attached hydrogen (secondary N) is 2. The maximum absolute atomic E-state index is 13.9. The molecule has 3 aliphatic heterocycles. The van der Waals surface area contributed by atoms with Crippen molar-refractivity contribution in [1.29, 1.82) is 0 Å². The van der Waals surface area contributed by atoms with E-state index in [2.05, 4.69) is 26.6 Å². The molecule has 10 heteroatoms. The molecule has 8 nitrogen and oxygen atoms in total. The van der Waals surface area contributed by atoms with Crippen LogP contribution in [0.2, 0.25) is 5.02 Å². The van der Waals surface area contributed by atoms with Gasteiger partial charge < -0.3 is 25.4 Å². The van der Waals surface area contributed by atoms with E-state index in [0.717, 1.165) is 11.1 Å². The van der Waals surface area contributed by atoms with Crippen LogP contribution in [-0.2, 0) is 25.7 Å². The number of hydrogen-bond acceptors (Lipinski definition) is 5. The van der Waals surface area contributed by atoms with Crippen LogP contribution in [0.4, 0.5) is 5.69 Å². The molecule has 3 saturated heterocycles. The van der Waals surface area contributed by atoms with Crippen molar-refractivity contribution in [3.05, 3.63) is 64.7 Å². The number of nitrogens with zero attached hydrogens (tertiary/aromatic N) is 1. The molecule has 0 aliphatic carbocycles. The fourth-order valence-electron chi connectivity index (χ4n) is 6.11. The number of rotatable bonds is 7. The van der Waals surface area contributed by atoms with Crippen molar-refractivity contribution in [2.24, 2.45) is 11.8 Å². The summed E-state index contributed by atoms with van der Waals surface area (Å²) in [5, 5.41) is 16.2. The van der Waals surface area contributed by atoms with E-state index in [9.17, 15) is 19.5 Å². The number of amides is 3. The smallest absolute Gasteiger partial charge is 0.250 e. The summed E-state index contributed by atoms with van der Waals surface area (Å²) in [4.78, 5) is 42.4. The van der Waals surface area contributed by atoms with Gasteiger partial charge in [-0.15, -0.1) is 0 Å². The van der Waals surface area contributed by atoms with Crippen molar-refractivity contribution in [2.45, 2.75) is 55.4 Å². The molecule has 3 amide bonds. The molecule has 0 radical (unpaired) electrons. The summed E-state index contributed by atoms with van der Waals surface area (Å²) >= 11 is 10.0. The topological polar surface area (TPSA) is 108 Å². The zero-order valence-electron chi connectivity index (χ0n) is 20.5. The molecular weight excluding hydrogens is 562 g/mol. The standard InChI is InChI=1S/C27H29BrClN3O5/c1-14-7-6-10-18(29)21(14)31-25(35)23-27-11-17(28)22(37-27)19(20(27)26(36)32(23)15(2)13-33)24(34)30-12-16-8-4-3-5-9-16/h3-10,15,17,19-20,22-23,33H,11-13H2,1-2H3,(H,30,34)(H,31,35)/t15-,17?,19+,20+,22+,23?,27?/m1/s1. The zero-order valence-corrected chi connectivity index (χ0v) is 22.8. The first-order chi connectivity index (χ1) is 17.7. The van der Waals surface area contributed by atoms with E-state index in [4.69, 9.17) is 16.3 Å². The Morgan fingerprint density at radius 1 is 1.22 bits per heavy atom. The van der Waals surface area contributed by atoms with Gasteiger partial charge in [-0.2, -0.15) is 0 Å². The number of aliphatic hydroxyl groups excluding tert-OH is 1. The second kappa shape index (κ2) is 10.0. The van der Waals surface area contributed by atoms with E-state index in [-0.39, 0.29) is 23.2 Å². The monoisotopic (exact) mass is 589 g/mol. The van der Waals surface area contributed by atoms with Gasteiger partial charge in [0, 0.05) is 11.4 Å². The summed E-state index contributed by atoms with van der Waals surface area (Å²) in [7, 11) is 0. The van der Waals surface area contributed by atoms with Gasteiger partial charge in [-0.25, -0.2) is 0 Å². The third kappa shape index (κ3) is 4.26. The van der Waals surface area contributed by atoms with E-state index in [1.165, 1.54) is 4.90 Å². The number of likely N-dealkylation sites (tertiary alicyclic amines) is 1. The van der Waals surface area contributed by atoms with Crippen LogP contribution in [0.3, 0.4) is 0 Å². The summed E-state index contributed by atoms with van der Waals surface area (Å²) in [6.07, 6.45) is -0.182. The van der Waals surface area contributed by atoms with Gasteiger partial charge in [0.25, 0.3) is 0 Å². The first kappa shape index (κ1) is 26.2. The Morgan fingerprint density at radius 3 is 2.62 bits per heavy atom. The van der Waals surface area contributed by atoms with E-state index in [1.807, 2.05) is 43.3 Å². The van der Waals surface area contributed by atoms with Gasteiger partial charge in [0.2, 0.25) is 17.7 Å². The molecule has 3 heterocycles. The van der Waals surface area contributed by atoms with Crippen LogP contribution in [0.5, 0.6) is 0 Å². The Balaban J connectivity index is 1.48. The van der Waals surface area contributed by atoms with Crippen molar-refractivity contribution >= 4 is 50.9 Å². The highest BCUT2D eigenvalue weighted by Gasteiger charge is 2.76. The number of para-hydroxylation sites is 1. The van der Waals surface area contributed by atoms with Crippen LogP contribution in [0, 0.1) is 18.8 Å². The van der Waals surface area contributed by atoms with Gasteiger partial charge >= 0.3 is 0 Å². The van der Waals surface area contributed by atoms with Crippen molar-refractivity contribution in [1.82, 2.24) is 10.2 Å². The summed E-state index contributed by atoms with van der Waals surface area (Å²) in [6, 6.07) is 13.1. The number of halogens is 2. The Labute approximate surface area is 228 Å². The molecule has 3 unspecified atom stereocenters. The van der Waals surface area contributed by atoms with Crippen LogP contribution < -0.4 is 10.6 Å². The molecule has 37 heavy (non-hydrogen) atoms. The first-order valence-electron chi connectivity index (χ1n) is 12.3. The van der Waals surface area contributed by atoms with E-state index in [0.29, 0.717) is 23.7 Å². The molecule has 5 rings (SSSR count). The number of aryl methyl sites for hydroxylation is 1. The van der Waals surface area contributed by atoms with Gasteiger partial charge in [-0.3, -0.25) is 14.4 Å². The Hall–Kier alpha value is -2.46. The summed E-state index contributed by atoms with van der Waals surface area (Å²) in [6.45, 7) is 3.49. The molecular formula is C27H29BrClN3O5. The third-order valence-corrected chi connectivity index (χ3v) is 8.96. The number of anilines is 1. The molecule has 0 saturated carbocycles. The average molecular weight is 591 g/mol. The highest BCUT2D eigenvalue weighted by Crippen LogP contribution is 2.60. The molecule has 3 N–H and O–H groups in total. The van der Waals surface area contributed by atoms with Gasteiger partial charge in [0.05, 0.1) is 41.3 Å². The summed E-state index contributed by atoms with van der Waals surface area (Å²) < 4.78 is 6.46. The minimum atomic E-state index is -1.21. The number of carbonyl (C=O) groups is 3. The van der Waals surface area contributed by atoms with Crippen LogP contribution in [-0.4, -0.2) is 63.0 Å². The lowest BCUT2D eigenvalue weighted by molar-refractivity contribution is -0.143. The molecule has 3 aliphatic rings. The largest absolute Gasteiger partial charge is 0.394 e. The second-order valence-corrected chi connectivity index (χ2v) is 11.6. The molecule has 7 atom stereocenters. The predicted octanol–water partition coefficient (Wildman–Crippen LogP) is 3.03. The van der Waals surface area contributed by atoms with E-state index < -0.39 is 41.5 Å². The van der Waals surface area contributed by atoms with Gasteiger partial charge in [0.1, 0.15) is 11.6 Å². The van der Waals surface area contributed by atoms with Gasteiger partial charge in [-0.1, -0.05) is 70.0 Å². The van der Waals surface area contributed by atoms with E-state index in [1.54, 1.807) is 19.1 Å². The quantitative estimate of drug-likeness (QED) is 0.430. The van der Waals surface area contributed by atoms with Crippen molar-refractivity contribution < 1.29 is 24.2 Å². The summed E-state index contributed by atoms with van der Waals surface area (Å²) in [5.74, 6) is -2.74. The fourth-order valence-corrected chi connectivity index (χ4v) is 7.33. The average Bonchev–Trinajstić information content (AvgIpc) is 3.48. The number of ether oxygens (including phenoxy) is 1. The van der Waals surface area contributed by atoms with Crippen LogP contribution in [0.1, 0.15) is 24.5 Å². The molecule has 2 aromatic rings. The maximum atomic E-state index is 13.9. The lowest BCUT2D eigenvalue weighted by Gasteiger charge is -2.36. The fraction of sp³-hybridized carbons (Fsp3) is 0.444. The lowest BCUT2D eigenvalue weighted by atomic mass is 9.70. The van der Waals surface area contributed by atoms with Crippen LogP contribution in [0.15, 0.2) is 48.5 Å². The Bertz CT molecular complexity index is 1210. The number of aliphatic hydroxyl groups is 1. The number of hydrogen-bond donors (Lipinski definition) is 3. The number of carbonyl (C=O) groups excluding carboxylic acids is 3. The number of alkyl halides is 1. The van der Waals surface area contributed by atoms with E-state index >= 15 is 0 Å². The molecule has 1 spiro atoms. The molecule has 196 valence electrons. The Kier molecular flexibility index (Phi) is 7.08. The number of fused-ring (bicyclic) bond motifs is 1. The van der Waals surface area contributed by atoms with Crippen LogP contribution in [0.25, 0.3) is 0 Å². The minimum absolute atomic E-state index is 0.217. The molecule has 0 aromatic heterocycles. The number of benzene rings is 2. The van der Waals surface area contributed by atoms with Gasteiger partial charge in [-0.05, 0) is 37.5 Å². The first-order valence-corrected chi connectivity index (χ1v) is 13.6.